The number of hydrogen-bond acceptors (Lipinski definition) is 5. The molecule has 4 N–H and O–H groups in total. The number of phenols is 2. The van der Waals surface area contributed by atoms with Crippen molar-refractivity contribution in [3.8, 4) is 11.5 Å². The van der Waals surface area contributed by atoms with Crippen molar-refractivity contribution in [1.29, 1.82) is 5.41 Å². The van der Waals surface area contributed by atoms with Crippen LogP contribution in [0.5, 0.6) is 11.5 Å². The van der Waals surface area contributed by atoms with Crippen LogP contribution in [0, 0.1) is 5.41 Å². The highest BCUT2D eigenvalue weighted by Gasteiger charge is 2.22. The molecule has 0 unspecified atom stereocenters. The average Bonchev–Trinajstić information content (AvgIpc) is 2.61. The molecule has 132 valence electrons. The highest BCUT2D eigenvalue weighted by atomic mass is 35.5. The molecule has 0 aliphatic heterocycles. The molecule has 6 nitrogen and oxygen atoms in total. The molecule has 0 aromatic heterocycles. The SMILES string of the molecule is COC(=O)c1c(O)cc(O)c(Cl)c1CCC(=N)NCc1ccccc1. The lowest BCUT2D eigenvalue weighted by Crippen LogP contribution is -2.22. The summed E-state index contributed by atoms with van der Waals surface area (Å²) < 4.78 is 4.66. The first-order valence-electron chi connectivity index (χ1n) is 7.60. The standard InChI is InChI=1S/C18H19ClN2O4/c1-25-18(24)16-12(17(19)14(23)9-13(16)22)7-8-15(20)21-10-11-5-3-2-4-6-11/h2-6,9,22-23H,7-8,10H2,1H3,(H2,20,21). The van der Waals surface area contributed by atoms with E-state index in [1.165, 1.54) is 7.11 Å². The minimum atomic E-state index is -0.752. The molecule has 2 aromatic carbocycles. The van der Waals surface area contributed by atoms with E-state index >= 15 is 0 Å². The van der Waals surface area contributed by atoms with Gasteiger partial charge in [-0.3, -0.25) is 5.41 Å². The molecule has 0 heterocycles. The van der Waals surface area contributed by atoms with E-state index in [1.54, 1.807) is 0 Å². The van der Waals surface area contributed by atoms with Crippen LogP contribution < -0.4 is 5.32 Å². The van der Waals surface area contributed by atoms with Crippen molar-refractivity contribution in [1.82, 2.24) is 5.32 Å². The second kappa shape index (κ2) is 8.39. The van der Waals surface area contributed by atoms with Crippen molar-refractivity contribution >= 4 is 23.4 Å². The number of nitrogens with one attached hydrogen (secondary N) is 2. The van der Waals surface area contributed by atoms with Gasteiger partial charge in [0.1, 0.15) is 17.1 Å². The Hall–Kier alpha value is -2.73. The molecular formula is C18H19ClN2O4. The summed E-state index contributed by atoms with van der Waals surface area (Å²) in [5.41, 5.74) is 1.19. The molecule has 2 rings (SSSR count). The van der Waals surface area contributed by atoms with Crippen molar-refractivity contribution in [3.63, 3.8) is 0 Å². The summed E-state index contributed by atoms with van der Waals surface area (Å²) in [7, 11) is 1.19. The van der Waals surface area contributed by atoms with Gasteiger partial charge in [0.15, 0.2) is 0 Å². The number of hydrogen-bond donors (Lipinski definition) is 4. The van der Waals surface area contributed by atoms with Gasteiger partial charge in [0.25, 0.3) is 0 Å². The number of amidine groups is 1. The fourth-order valence-corrected chi connectivity index (χ4v) is 2.64. The number of aromatic hydroxyl groups is 2. The molecule has 0 saturated carbocycles. The van der Waals surface area contributed by atoms with Crippen LogP contribution in [0.2, 0.25) is 5.02 Å². The largest absolute Gasteiger partial charge is 0.507 e. The van der Waals surface area contributed by atoms with Crippen LogP contribution >= 0.6 is 11.6 Å². The van der Waals surface area contributed by atoms with E-state index in [1.807, 2.05) is 30.3 Å². The second-order valence-electron chi connectivity index (χ2n) is 5.39. The van der Waals surface area contributed by atoms with E-state index in [9.17, 15) is 15.0 Å². The summed E-state index contributed by atoms with van der Waals surface area (Å²) in [6, 6.07) is 10.6. The first-order chi connectivity index (χ1) is 11.9. The number of carbonyl (C=O) groups is 1. The summed E-state index contributed by atoms with van der Waals surface area (Å²) in [5.74, 6) is -1.24. The molecule has 0 spiro atoms. The lowest BCUT2D eigenvalue weighted by Gasteiger charge is -2.14. The lowest BCUT2D eigenvalue weighted by atomic mass is 10.0. The first-order valence-corrected chi connectivity index (χ1v) is 7.98. The van der Waals surface area contributed by atoms with Gasteiger partial charge in [-0.2, -0.15) is 0 Å². The zero-order chi connectivity index (χ0) is 18.4. The number of esters is 1. The van der Waals surface area contributed by atoms with Crippen molar-refractivity contribution in [2.75, 3.05) is 7.11 Å². The normalized spacial score (nSPS) is 10.3. The van der Waals surface area contributed by atoms with E-state index in [0.717, 1.165) is 11.6 Å². The zero-order valence-corrected chi connectivity index (χ0v) is 14.4. The van der Waals surface area contributed by atoms with E-state index < -0.39 is 11.7 Å². The molecule has 0 saturated heterocycles. The van der Waals surface area contributed by atoms with Crippen LogP contribution in [0.15, 0.2) is 36.4 Å². The Labute approximate surface area is 150 Å². The number of halogens is 1. The monoisotopic (exact) mass is 362 g/mol. The van der Waals surface area contributed by atoms with Crippen molar-refractivity contribution in [2.24, 2.45) is 0 Å². The number of methoxy groups -OCH3 is 1. The van der Waals surface area contributed by atoms with Gasteiger partial charge >= 0.3 is 5.97 Å². The Bertz CT molecular complexity index is 778. The topological polar surface area (TPSA) is 103 Å². The number of benzene rings is 2. The summed E-state index contributed by atoms with van der Waals surface area (Å²) >= 11 is 6.07. The minimum absolute atomic E-state index is 0.0333. The molecule has 2 aromatic rings. The van der Waals surface area contributed by atoms with Gasteiger partial charge in [-0.15, -0.1) is 0 Å². The van der Waals surface area contributed by atoms with Crippen molar-refractivity contribution in [2.45, 2.75) is 19.4 Å². The Morgan fingerprint density at radius 2 is 1.92 bits per heavy atom. The van der Waals surface area contributed by atoms with E-state index in [4.69, 9.17) is 17.0 Å². The zero-order valence-electron chi connectivity index (χ0n) is 13.7. The third kappa shape index (κ3) is 4.64. The number of rotatable bonds is 6. The van der Waals surface area contributed by atoms with Crippen molar-refractivity contribution in [3.05, 3.63) is 58.1 Å². The second-order valence-corrected chi connectivity index (χ2v) is 5.77. The molecule has 0 amide bonds. The van der Waals surface area contributed by atoms with E-state index in [2.05, 4.69) is 10.1 Å². The Kier molecular flexibility index (Phi) is 6.25. The quantitative estimate of drug-likeness (QED) is 0.359. The summed E-state index contributed by atoms with van der Waals surface area (Å²) in [6.45, 7) is 0.503. The van der Waals surface area contributed by atoms with Crippen LogP contribution in [-0.2, 0) is 17.7 Å². The number of phenolic OH excluding ortho intramolecular Hbond substituents is 2. The van der Waals surface area contributed by atoms with Gasteiger partial charge < -0.3 is 20.3 Å². The Morgan fingerprint density at radius 1 is 1.24 bits per heavy atom. The van der Waals surface area contributed by atoms with Crippen LogP contribution in [0.3, 0.4) is 0 Å². The van der Waals surface area contributed by atoms with E-state index in [0.29, 0.717) is 6.54 Å². The molecule has 0 fully saturated rings. The van der Waals surface area contributed by atoms with Gasteiger partial charge in [0.2, 0.25) is 0 Å². The predicted octanol–water partition coefficient (Wildman–Crippen LogP) is 3.24. The maximum Gasteiger partial charge on any atom is 0.341 e. The number of ether oxygens (including phenoxy) is 1. The Morgan fingerprint density at radius 3 is 2.56 bits per heavy atom. The van der Waals surface area contributed by atoms with Gasteiger partial charge in [0.05, 0.1) is 18.0 Å². The Balaban J connectivity index is 2.09. The summed E-state index contributed by atoms with van der Waals surface area (Å²) in [5, 5.41) is 30.6. The van der Waals surface area contributed by atoms with Gasteiger partial charge in [-0.1, -0.05) is 41.9 Å². The minimum Gasteiger partial charge on any atom is -0.507 e. The van der Waals surface area contributed by atoms with E-state index in [-0.39, 0.29) is 40.6 Å². The molecule has 0 radical (unpaired) electrons. The molecule has 0 bridgehead atoms. The number of carbonyl (C=O) groups excluding carboxylic acids is 1. The molecule has 0 aliphatic carbocycles. The van der Waals surface area contributed by atoms with Gasteiger partial charge in [-0.05, 0) is 17.5 Å². The van der Waals surface area contributed by atoms with Crippen LogP contribution in [0.4, 0.5) is 0 Å². The molecule has 25 heavy (non-hydrogen) atoms. The highest BCUT2D eigenvalue weighted by Crippen LogP contribution is 2.37. The van der Waals surface area contributed by atoms with Crippen molar-refractivity contribution < 1.29 is 19.7 Å². The smallest absolute Gasteiger partial charge is 0.341 e. The third-order valence-electron chi connectivity index (χ3n) is 3.68. The maximum atomic E-state index is 11.9. The molecule has 0 aliphatic rings. The lowest BCUT2D eigenvalue weighted by molar-refractivity contribution is 0.0596. The van der Waals surface area contributed by atoms with Crippen LogP contribution in [-0.4, -0.2) is 29.1 Å². The summed E-state index contributed by atoms with van der Waals surface area (Å²) in [6.07, 6.45) is 0.436. The van der Waals surface area contributed by atoms with Crippen LogP contribution in [0.1, 0.15) is 27.9 Å². The third-order valence-corrected chi connectivity index (χ3v) is 4.11. The first kappa shape index (κ1) is 18.6. The fourth-order valence-electron chi connectivity index (χ4n) is 2.39. The van der Waals surface area contributed by atoms with Gasteiger partial charge in [-0.25, -0.2) is 4.79 Å². The maximum absolute atomic E-state index is 11.9. The molecule has 7 heteroatoms. The highest BCUT2D eigenvalue weighted by molar-refractivity contribution is 6.33. The summed E-state index contributed by atoms with van der Waals surface area (Å²) in [4.78, 5) is 11.9. The van der Waals surface area contributed by atoms with Gasteiger partial charge in [0, 0.05) is 19.0 Å². The molecular weight excluding hydrogens is 344 g/mol. The fraction of sp³-hybridized carbons (Fsp3) is 0.222. The van der Waals surface area contributed by atoms with Crippen LogP contribution in [0.25, 0.3) is 0 Å². The molecule has 0 atom stereocenters. The predicted molar refractivity (Wildman–Crippen MR) is 95.5 cm³/mol. The average molecular weight is 363 g/mol.